The van der Waals surface area contributed by atoms with Gasteiger partial charge in [-0.1, -0.05) is 6.42 Å². The summed E-state index contributed by atoms with van der Waals surface area (Å²) in [5.41, 5.74) is 3.32. The first-order valence-corrected chi connectivity index (χ1v) is 11.2. The van der Waals surface area contributed by atoms with Crippen LogP contribution >= 0.6 is 0 Å². The van der Waals surface area contributed by atoms with Crippen LogP contribution in [-0.4, -0.2) is 79.5 Å². The van der Waals surface area contributed by atoms with E-state index in [1.54, 1.807) is 34.6 Å². The van der Waals surface area contributed by atoms with E-state index >= 15 is 0 Å². The van der Waals surface area contributed by atoms with Gasteiger partial charge in [-0.2, -0.15) is 0 Å². The number of ether oxygens (including phenoxy) is 4. The fourth-order valence-electron chi connectivity index (χ4n) is 3.36. The first-order chi connectivity index (χ1) is 14.6. The molecule has 9 heteroatoms. The number of hydrogen-bond donors (Lipinski definition) is 1. The van der Waals surface area contributed by atoms with Gasteiger partial charge < -0.3 is 29.6 Å². The zero-order valence-electron chi connectivity index (χ0n) is 19.7. The molecule has 1 atom stereocenters. The van der Waals surface area contributed by atoms with Crippen LogP contribution in [0.3, 0.4) is 0 Å². The largest absolute Gasteiger partial charge is 0.463 e. The minimum Gasteiger partial charge on any atom is -0.463 e. The number of hydrogen-bond acceptors (Lipinski definition) is 9. The Hall–Kier alpha value is -1.71. The highest BCUT2D eigenvalue weighted by Gasteiger charge is 2.50. The van der Waals surface area contributed by atoms with Crippen LogP contribution in [0.25, 0.3) is 0 Å². The smallest absolute Gasteiger partial charge is 0.350 e. The van der Waals surface area contributed by atoms with Crippen LogP contribution in [0.5, 0.6) is 0 Å². The van der Waals surface area contributed by atoms with Gasteiger partial charge in [0.15, 0.2) is 0 Å². The van der Waals surface area contributed by atoms with E-state index in [1.165, 1.54) is 6.42 Å². The van der Waals surface area contributed by atoms with Crippen molar-refractivity contribution in [1.29, 1.82) is 0 Å². The van der Waals surface area contributed by atoms with Crippen molar-refractivity contribution in [3.05, 3.63) is 0 Å². The van der Waals surface area contributed by atoms with Crippen molar-refractivity contribution in [2.75, 3.05) is 39.5 Å². The zero-order valence-corrected chi connectivity index (χ0v) is 19.7. The maximum absolute atomic E-state index is 12.9. The molecule has 0 radical (unpaired) electrons. The predicted molar refractivity (Wildman–Crippen MR) is 115 cm³/mol. The first-order valence-electron chi connectivity index (χ1n) is 11.2. The summed E-state index contributed by atoms with van der Waals surface area (Å²) in [7, 11) is 0. The number of carbonyl (C=O) groups is 3. The molecule has 1 unspecified atom stereocenters. The second-order valence-corrected chi connectivity index (χ2v) is 8.70. The molecule has 1 aliphatic rings. The first kappa shape index (κ1) is 27.3. The molecular formula is C22H40N2O7. The molecular weight excluding hydrogens is 404 g/mol. The lowest BCUT2D eigenvalue weighted by atomic mass is 9.94. The van der Waals surface area contributed by atoms with Crippen molar-refractivity contribution in [3.8, 4) is 0 Å². The van der Waals surface area contributed by atoms with Crippen LogP contribution < -0.4 is 5.73 Å². The predicted octanol–water partition coefficient (Wildman–Crippen LogP) is 1.80. The highest BCUT2D eigenvalue weighted by Crippen LogP contribution is 2.25. The second kappa shape index (κ2) is 13.0. The van der Waals surface area contributed by atoms with E-state index in [1.807, 2.05) is 0 Å². The van der Waals surface area contributed by atoms with Crippen LogP contribution in [-0.2, 0) is 33.3 Å². The molecule has 1 fully saturated rings. The summed E-state index contributed by atoms with van der Waals surface area (Å²) in [5, 5.41) is 0. The summed E-state index contributed by atoms with van der Waals surface area (Å²) in [6.07, 6.45) is 3.29. The SMILES string of the molecule is CCOC(=O)C(CCC(N)C(=O)OC(C)(C)C)(OCCN1CCCCC1)C(=O)OCC. The van der Waals surface area contributed by atoms with Crippen LogP contribution in [0.4, 0.5) is 0 Å². The molecule has 31 heavy (non-hydrogen) atoms. The molecule has 0 aromatic carbocycles. The molecule has 180 valence electrons. The molecule has 0 saturated carbocycles. The molecule has 9 nitrogen and oxygen atoms in total. The van der Waals surface area contributed by atoms with Crippen LogP contribution in [0.1, 0.15) is 66.7 Å². The molecule has 1 rings (SSSR count). The number of carbonyl (C=O) groups excluding carboxylic acids is 3. The van der Waals surface area contributed by atoms with Gasteiger partial charge >= 0.3 is 17.9 Å². The Kier molecular flexibility index (Phi) is 11.4. The van der Waals surface area contributed by atoms with Crippen molar-refractivity contribution >= 4 is 17.9 Å². The Labute approximate surface area is 185 Å². The van der Waals surface area contributed by atoms with Crippen molar-refractivity contribution < 1.29 is 33.3 Å². The van der Waals surface area contributed by atoms with Crippen LogP contribution in [0.15, 0.2) is 0 Å². The number of likely N-dealkylation sites (tertiary alicyclic amines) is 1. The summed E-state index contributed by atoms with van der Waals surface area (Å²) in [4.78, 5) is 40.2. The maximum atomic E-state index is 12.9. The summed E-state index contributed by atoms with van der Waals surface area (Å²) in [5.74, 6) is -2.27. The highest BCUT2D eigenvalue weighted by atomic mass is 16.6. The van der Waals surface area contributed by atoms with Crippen molar-refractivity contribution in [2.24, 2.45) is 5.73 Å². The molecule has 0 aromatic heterocycles. The summed E-state index contributed by atoms with van der Waals surface area (Å²) >= 11 is 0. The molecule has 0 amide bonds. The Morgan fingerprint density at radius 3 is 2.00 bits per heavy atom. The van der Waals surface area contributed by atoms with Gasteiger partial charge in [0.2, 0.25) is 0 Å². The standard InChI is InChI=1S/C22H40N2O7/c1-6-28-19(26)22(20(27)29-7-2,30-16-15-24-13-9-8-10-14-24)12-11-17(23)18(25)31-21(3,4)5/h17H,6-16,23H2,1-5H3. The van der Waals surface area contributed by atoms with Gasteiger partial charge in [0.05, 0.1) is 19.8 Å². The molecule has 2 N–H and O–H groups in total. The lowest BCUT2D eigenvalue weighted by Gasteiger charge is -2.32. The van der Waals surface area contributed by atoms with Crippen molar-refractivity contribution in [3.63, 3.8) is 0 Å². The topological polar surface area (TPSA) is 117 Å². The third-order valence-corrected chi connectivity index (χ3v) is 4.93. The maximum Gasteiger partial charge on any atom is 0.350 e. The van der Waals surface area contributed by atoms with Gasteiger partial charge in [-0.3, -0.25) is 4.79 Å². The van der Waals surface area contributed by atoms with Gasteiger partial charge in [-0.25, -0.2) is 9.59 Å². The lowest BCUT2D eigenvalue weighted by Crippen LogP contribution is -2.53. The molecule has 1 aliphatic heterocycles. The summed E-state index contributed by atoms with van der Waals surface area (Å²) in [6.45, 7) is 11.3. The van der Waals surface area contributed by atoms with Crippen LogP contribution in [0, 0.1) is 0 Å². The van der Waals surface area contributed by atoms with E-state index in [4.69, 9.17) is 24.7 Å². The van der Waals surface area contributed by atoms with E-state index in [-0.39, 0.29) is 32.7 Å². The van der Waals surface area contributed by atoms with E-state index in [0.717, 1.165) is 25.9 Å². The molecule has 0 spiro atoms. The monoisotopic (exact) mass is 444 g/mol. The average Bonchev–Trinajstić information content (AvgIpc) is 2.70. The summed E-state index contributed by atoms with van der Waals surface area (Å²) in [6, 6.07) is -1.02. The van der Waals surface area contributed by atoms with Gasteiger partial charge in [0.25, 0.3) is 5.60 Å². The minimum absolute atomic E-state index is 0.00371. The Balaban J connectivity index is 2.94. The van der Waals surface area contributed by atoms with E-state index in [2.05, 4.69) is 4.90 Å². The van der Waals surface area contributed by atoms with Crippen molar-refractivity contribution in [1.82, 2.24) is 4.90 Å². The normalized spacial score (nSPS) is 16.5. The fraction of sp³-hybridized carbons (Fsp3) is 0.864. The van der Waals surface area contributed by atoms with Crippen molar-refractivity contribution in [2.45, 2.75) is 84.0 Å². The Bertz CT molecular complexity index is 565. The second-order valence-electron chi connectivity index (χ2n) is 8.70. The number of nitrogens with two attached hydrogens (primary N) is 1. The Morgan fingerprint density at radius 1 is 0.968 bits per heavy atom. The van der Waals surface area contributed by atoms with Gasteiger partial charge in [0.1, 0.15) is 11.6 Å². The minimum atomic E-state index is -1.97. The number of rotatable bonds is 12. The fourth-order valence-corrected chi connectivity index (χ4v) is 3.36. The van der Waals surface area contributed by atoms with Gasteiger partial charge in [0, 0.05) is 13.0 Å². The quantitative estimate of drug-likeness (QED) is 0.273. The molecule has 0 bridgehead atoms. The van der Waals surface area contributed by atoms with E-state index in [9.17, 15) is 14.4 Å². The molecule has 0 aliphatic carbocycles. The Morgan fingerprint density at radius 2 is 1.52 bits per heavy atom. The number of piperidine rings is 1. The zero-order chi connectivity index (χ0) is 23.5. The van der Waals surface area contributed by atoms with Gasteiger partial charge in [-0.15, -0.1) is 0 Å². The number of nitrogens with zero attached hydrogens (tertiary/aromatic N) is 1. The van der Waals surface area contributed by atoms with Gasteiger partial charge in [-0.05, 0) is 67.0 Å². The third-order valence-electron chi connectivity index (χ3n) is 4.93. The molecule has 0 aromatic rings. The molecule has 1 saturated heterocycles. The van der Waals surface area contributed by atoms with E-state index < -0.39 is 35.2 Å². The third kappa shape index (κ3) is 9.13. The van der Waals surface area contributed by atoms with Crippen LogP contribution in [0.2, 0.25) is 0 Å². The highest BCUT2D eigenvalue weighted by molar-refractivity contribution is 6.03. The summed E-state index contributed by atoms with van der Waals surface area (Å²) < 4.78 is 21.5. The van der Waals surface area contributed by atoms with E-state index in [0.29, 0.717) is 6.54 Å². The lowest BCUT2D eigenvalue weighted by molar-refractivity contribution is -0.193. The molecule has 1 heterocycles. The average molecular weight is 445 g/mol. The number of esters is 3.